The van der Waals surface area contributed by atoms with Gasteiger partial charge in [-0.05, 0) is 56.2 Å². The van der Waals surface area contributed by atoms with Gasteiger partial charge in [0.2, 0.25) is 11.0 Å². The van der Waals surface area contributed by atoms with Gasteiger partial charge in [-0.1, -0.05) is 41.7 Å². The lowest BCUT2D eigenvalue weighted by Gasteiger charge is -2.22. The van der Waals surface area contributed by atoms with E-state index >= 15 is 0 Å². The molecule has 1 aliphatic rings. The van der Waals surface area contributed by atoms with Crippen molar-refractivity contribution in [3.05, 3.63) is 59.9 Å². The first-order valence-electron chi connectivity index (χ1n) is 10.7. The summed E-state index contributed by atoms with van der Waals surface area (Å²) < 4.78 is 19.5. The third-order valence-corrected chi connectivity index (χ3v) is 7.23. The molecule has 172 valence electrons. The van der Waals surface area contributed by atoms with Gasteiger partial charge < -0.3 is 10.1 Å². The fraction of sp³-hybridized carbons (Fsp3) is 0.304. The van der Waals surface area contributed by atoms with Crippen molar-refractivity contribution in [2.24, 2.45) is 0 Å². The van der Waals surface area contributed by atoms with Crippen LogP contribution in [-0.4, -0.2) is 45.3 Å². The molecule has 0 saturated carbocycles. The molecule has 1 fully saturated rings. The highest BCUT2D eigenvalue weighted by atomic mass is 32.2. The predicted molar refractivity (Wildman–Crippen MR) is 127 cm³/mol. The van der Waals surface area contributed by atoms with Crippen LogP contribution in [0.3, 0.4) is 0 Å². The van der Waals surface area contributed by atoms with E-state index in [1.165, 1.54) is 52.3 Å². The van der Waals surface area contributed by atoms with Crippen LogP contribution in [0.25, 0.3) is 0 Å². The summed E-state index contributed by atoms with van der Waals surface area (Å²) in [5.41, 5.74) is 1.08. The number of amides is 2. The van der Waals surface area contributed by atoms with E-state index in [-0.39, 0.29) is 5.91 Å². The number of likely N-dealkylation sites (tertiary alicyclic amines) is 1. The minimum Gasteiger partial charge on any atom is -0.492 e. The number of nitrogens with one attached hydrogen (secondary N) is 1. The predicted octanol–water partition coefficient (Wildman–Crippen LogP) is 5.13. The van der Waals surface area contributed by atoms with E-state index in [4.69, 9.17) is 4.74 Å². The van der Waals surface area contributed by atoms with Crippen LogP contribution in [0, 0.1) is 5.82 Å². The highest BCUT2D eigenvalue weighted by molar-refractivity contribution is 8.02. The molecule has 33 heavy (non-hydrogen) atoms. The van der Waals surface area contributed by atoms with Crippen LogP contribution in [0.15, 0.2) is 52.9 Å². The summed E-state index contributed by atoms with van der Waals surface area (Å²) in [6, 6.07) is 12.8. The maximum absolute atomic E-state index is 13.2. The number of para-hydroxylation sites is 2. The third kappa shape index (κ3) is 5.69. The molecule has 3 aromatic rings. The number of ether oxygens (including phenoxy) is 1. The van der Waals surface area contributed by atoms with Crippen LogP contribution in [-0.2, 0) is 4.79 Å². The molecular weight excluding hydrogens is 463 g/mol. The number of hydrogen-bond acceptors (Lipinski definition) is 8. The molecule has 4 rings (SSSR count). The molecule has 2 aromatic carbocycles. The Kier molecular flexibility index (Phi) is 7.56. The number of benzene rings is 2. The van der Waals surface area contributed by atoms with Crippen LogP contribution in [0.2, 0.25) is 0 Å². The number of carbonyl (C=O) groups is 2. The summed E-state index contributed by atoms with van der Waals surface area (Å²) in [7, 11) is 0. The van der Waals surface area contributed by atoms with E-state index in [1.54, 1.807) is 0 Å². The number of aromatic nitrogens is 2. The number of carbonyl (C=O) groups excluding carboxylic acids is 2. The summed E-state index contributed by atoms with van der Waals surface area (Å²) in [4.78, 5) is 27.3. The average molecular weight is 487 g/mol. The van der Waals surface area contributed by atoms with E-state index in [0.717, 1.165) is 24.3 Å². The molecule has 2 amide bonds. The molecule has 1 N–H and O–H groups in total. The number of rotatable bonds is 7. The second-order valence-electron chi connectivity index (χ2n) is 7.33. The van der Waals surface area contributed by atoms with Gasteiger partial charge in [0.05, 0.1) is 17.5 Å². The van der Waals surface area contributed by atoms with Crippen LogP contribution in [0.1, 0.15) is 36.5 Å². The Hall–Kier alpha value is -2.98. The largest absolute Gasteiger partial charge is 0.492 e. The van der Waals surface area contributed by atoms with Gasteiger partial charge in [-0.15, -0.1) is 10.2 Å². The smallest absolute Gasteiger partial charge is 0.260 e. The van der Waals surface area contributed by atoms with Crippen molar-refractivity contribution in [2.45, 2.75) is 35.8 Å². The van der Waals surface area contributed by atoms with E-state index in [1.807, 2.05) is 31.2 Å². The highest BCUT2D eigenvalue weighted by Crippen LogP contribution is 2.36. The van der Waals surface area contributed by atoms with Gasteiger partial charge in [0.1, 0.15) is 11.6 Å². The van der Waals surface area contributed by atoms with E-state index < -0.39 is 17.0 Å². The lowest BCUT2D eigenvalue weighted by Crippen LogP contribution is -2.41. The Morgan fingerprint density at radius 1 is 1.21 bits per heavy atom. The lowest BCUT2D eigenvalue weighted by molar-refractivity contribution is -0.127. The highest BCUT2D eigenvalue weighted by Gasteiger charge is 2.33. The number of halogens is 1. The van der Waals surface area contributed by atoms with Gasteiger partial charge >= 0.3 is 0 Å². The molecule has 0 aliphatic carbocycles. The van der Waals surface area contributed by atoms with Crippen LogP contribution in [0.4, 0.5) is 15.2 Å². The molecule has 7 nitrogen and oxygen atoms in total. The zero-order valence-electron chi connectivity index (χ0n) is 18.0. The molecule has 0 bridgehead atoms. The Labute approximate surface area is 199 Å². The summed E-state index contributed by atoms with van der Waals surface area (Å²) in [5.74, 6) is -0.358. The third-order valence-electron chi connectivity index (χ3n) is 5.05. The first-order chi connectivity index (χ1) is 16.0. The molecule has 0 unspecified atom stereocenters. The standard InChI is InChI=1S/C23H23FN4O3S2/c1-2-31-18-8-4-3-7-17(18)25-22-26-27-23(33-22)32-19-9-5-6-14-28(21(19)30)20(29)15-10-12-16(24)13-11-15/h3-4,7-8,10-13,19H,2,5-6,9,14H2,1H3,(H,25,26)/t19-/m0/s1. The maximum atomic E-state index is 13.2. The van der Waals surface area contributed by atoms with Crippen molar-refractivity contribution >= 4 is 45.7 Å². The maximum Gasteiger partial charge on any atom is 0.260 e. The van der Waals surface area contributed by atoms with Crippen LogP contribution < -0.4 is 10.1 Å². The van der Waals surface area contributed by atoms with Gasteiger partial charge in [0.25, 0.3) is 5.91 Å². The first kappa shape index (κ1) is 23.2. The molecule has 0 spiro atoms. The van der Waals surface area contributed by atoms with Gasteiger partial charge in [0, 0.05) is 12.1 Å². The summed E-state index contributed by atoms with van der Waals surface area (Å²) in [6.45, 7) is 2.82. The van der Waals surface area contributed by atoms with Crippen molar-refractivity contribution in [3.63, 3.8) is 0 Å². The molecule has 2 heterocycles. The second-order valence-corrected chi connectivity index (χ2v) is 9.76. The molecule has 1 aliphatic heterocycles. The van der Waals surface area contributed by atoms with Crippen molar-refractivity contribution in [1.82, 2.24) is 15.1 Å². The molecule has 0 radical (unpaired) electrons. The van der Waals surface area contributed by atoms with Crippen molar-refractivity contribution in [2.75, 3.05) is 18.5 Å². The summed E-state index contributed by atoms with van der Waals surface area (Å²) in [5, 5.41) is 11.8. The average Bonchev–Trinajstić information content (AvgIpc) is 3.18. The number of hydrogen-bond donors (Lipinski definition) is 1. The quantitative estimate of drug-likeness (QED) is 0.463. The lowest BCUT2D eigenvalue weighted by atomic mass is 10.2. The van der Waals surface area contributed by atoms with Gasteiger partial charge in [0.15, 0.2) is 4.34 Å². The molecular formula is C23H23FN4O3S2. The van der Waals surface area contributed by atoms with Crippen molar-refractivity contribution in [1.29, 1.82) is 0 Å². The zero-order chi connectivity index (χ0) is 23.2. The summed E-state index contributed by atoms with van der Waals surface area (Å²) >= 11 is 2.66. The Morgan fingerprint density at radius 3 is 2.79 bits per heavy atom. The van der Waals surface area contributed by atoms with Crippen LogP contribution >= 0.6 is 23.1 Å². The van der Waals surface area contributed by atoms with Crippen LogP contribution in [0.5, 0.6) is 5.75 Å². The fourth-order valence-electron chi connectivity index (χ4n) is 3.46. The number of thioether (sulfide) groups is 1. The Bertz CT molecular complexity index is 1120. The van der Waals surface area contributed by atoms with Crippen molar-refractivity contribution < 1.29 is 18.7 Å². The van der Waals surface area contributed by atoms with E-state index in [2.05, 4.69) is 15.5 Å². The van der Waals surface area contributed by atoms with E-state index in [0.29, 0.717) is 34.6 Å². The monoisotopic (exact) mass is 486 g/mol. The van der Waals surface area contributed by atoms with E-state index in [9.17, 15) is 14.0 Å². The fourth-order valence-corrected chi connectivity index (χ4v) is 5.57. The zero-order valence-corrected chi connectivity index (χ0v) is 19.6. The summed E-state index contributed by atoms with van der Waals surface area (Å²) in [6.07, 6.45) is 2.20. The molecule has 1 saturated heterocycles. The second kappa shape index (κ2) is 10.8. The first-order valence-corrected chi connectivity index (χ1v) is 12.3. The SMILES string of the molecule is CCOc1ccccc1Nc1nnc(S[C@H]2CCCCN(C(=O)c3ccc(F)cc3)C2=O)s1. The minimum atomic E-state index is -0.437. The normalized spacial score (nSPS) is 16.4. The number of nitrogens with zero attached hydrogens (tertiary/aromatic N) is 3. The van der Waals surface area contributed by atoms with Gasteiger partial charge in [-0.25, -0.2) is 4.39 Å². The molecule has 10 heteroatoms. The Balaban J connectivity index is 1.45. The minimum absolute atomic E-state index is 0.252. The van der Waals surface area contributed by atoms with Gasteiger partial charge in [-0.2, -0.15) is 0 Å². The topological polar surface area (TPSA) is 84.4 Å². The van der Waals surface area contributed by atoms with Gasteiger partial charge in [-0.3, -0.25) is 14.5 Å². The molecule has 1 aromatic heterocycles. The number of anilines is 2. The molecule has 1 atom stereocenters. The number of imide groups is 1. The Morgan fingerprint density at radius 2 is 2.00 bits per heavy atom. The van der Waals surface area contributed by atoms with Crippen molar-refractivity contribution in [3.8, 4) is 5.75 Å².